The van der Waals surface area contributed by atoms with E-state index in [1.54, 1.807) is 6.07 Å². The van der Waals surface area contributed by atoms with Crippen LogP contribution < -0.4 is 5.32 Å². The topological polar surface area (TPSA) is 49.3 Å². The molecule has 3 nitrogen and oxygen atoms in total. The molecule has 0 radical (unpaired) electrons. The van der Waals surface area contributed by atoms with Gasteiger partial charge in [0.1, 0.15) is 5.82 Å². The number of amides is 1. The lowest BCUT2D eigenvalue weighted by atomic mass is 9.85. The third-order valence-electron chi connectivity index (χ3n) is 3.58. The highest BCUT2D eigenvalue weighted by Gasteiger charge is 2.26. The molecule has 1 saturated carbocycles. The number of aliphatic hydroxyl groups excluding tert-OH is 1. The maximum atomic E-state index is 13.3. The Morgan fingerprint density at radius 1 is 1.37 bits per heavy atom. The van der Waals surface area contributed by atoms with Crippen LogP contribution in [0.15, 0.2) is 22.7 Å². The van der Waals surface area contributed by atoms with Crippen LogP contribution >= 0.6 is 15.9 Å². The highest BCUT2D eigenvalue weighted by atomic mass is 79.9. The number of carbonyl (C=O) groups is 1. The SMILES string of the molecule is O=C(NC1CCCCC1CO)c1cc(F)cc(Br)c1. The Bertz CT molecular complexity index is 447. The Hall–Kier alpha value is -0.940. The molecule has 0 bridgehead atoms. The van der Waals surface area contributed by atoms with E-state index in [9.17, 15) is 14.3 Å². The third kappa shape index (κ3) is 3.76. The van der Waals surface area contributed by atoms with Gasteiger partial charge < -0.3 is 10.4 Å². The van der Waals surface area contributed by atoms with Gasteiger partial charge in [-0.15, -0.1) is 0 Å². The van der Waals surface area contributed by atoms with Crippen molar-refractivity contribution in [3.05, 3.63) is 34.1 Å². The first-order valence-corrected chi connectivity index (χ1v) is 7.27. The lowest BCUT2D eigenvalue weighted by molar-refractivity contribution is 0.0872. The summed E-state index contributed by atoms with van der Waals surface area (Å²) >= 11 is 3.17. The van der Waals surface area contributed by atoms with E-state index in [0.29, 0.717) is 10.0 Å². The van der Waals surface area contributed by atoms with Crippen LogP contribution in [-0.4, -0.2) is 23.7 Å². The molecule has 0 heterocycles. The summed E-state index contributed by atoms with van der Waals surface area (Å²) in [6.45, 7) is 0.0811. The van der Waals surface area contributed by atoms with E-state index in [0.717, 1.165) is 25.7 Å². The fraction of sp³-hybridized carbons (Fsp3) is 0.500. The van der Waals surface area contributed by atoms with Gasteiger partial charge in [0.25, 0.3) is 5.91 Å². The Kier molecular flexibility index (Phi) is 4.93. The van der Waals surface area contributed by atoms with Crippen molar-refractivity contribution in [3.63, 3.8) is 0 Å². The summed E-state index contributed by atoms with van der Waals surface area (Å²) in [5, 5.41) is 12.2. The average Bonchev–Trinajstić information content (AvgIpc) is 2.38. The molecule has 2 atom stereocenters. The largest absolute Gasteiger partial charge is 0.396 e. The molecule has 2 rings (SSSR count). The Labute approximate surface area is 120 Å². The van der Waals surface area contributed by atoms with E-state index in [1.807, 2.05) is 0 Å². The van der Waals surface area contributed by atoms with Gasteiger partial charge in [-0.2, -0.15) is 0 Å². The van der Waals surface area contributed by atoms with Gasteiger partial charge in [0.05, 0.1) is 0 Å². The van der Waals surface area contributed by atoms with E-state index in [1.165, 1.54) is 12.1 Å². The zero-order chi connectivity index (χ0) is 13.8. The molecular formula is C14H17BrFNO2. The lowest BCUT2D eigenvalue weighted by Gasteiger charge is -2.30. The molecule has 1 fully saturated rings. The predicted molar refractivity (Wildman–Crippen MR) is 74.4 cm³/mol. The Balaban J connectivity index is 2.07. The van der Waals surface area contributed by atoms with Gasteiger partial charge in [0, 0.05) is 28.6 Å². The number of halogens is 2. The number of rotatable bonds is 3. The summed E-state index contributed by atoms with van der Waals surface area (Å²) in [5.41, 5.74) is 0.300. The Morgan fingerprint density at radius 3 is 2.79 bits per heavy atom. The standard InChI is InChI=1S/C14H17BrFNO2/c15-11-5-10(6-12(16)7-11)14(19)17-13-4-2-1-3-9(13)8-18/h5-7,9,13,18H,1-4,8H2,(H,17,19). The highest BCUT2D eigenvalue weighted by molar-refractivity contribution is 9.10. The molecule has 0 aliphatic heterocycles. The first-order chi connectivity index (χ1) is 9.10. The van der Waals surface area contributed by atoms with E-state index in [4.69, 9.17) is 0 Å². The summed E-state index contributed by atoms with van der Waals surface area (Å²) in [7, 11) is 0. The number of carbonyl (C=O) groups excluding carboxylic acids is 1. The van der Waals surface area contributed by atoms with E-state index in [2.05, 4.69) is 21.2 Å². The molecule has 1 aliphatic rings. The maximum Gasteiger partial charge on any atom is 0.251 e. The maximum absolute atomic E-state index is 13.3. The van der Waals surface area contributed by atoms with E-state index in [-0.39, 0.29) is 24.5 Å². The van der Waals surface area contributed by atoms with Gasteiger partial charge in [-0.25, -0.2) is 4.39 Å². The molecule has 1 aromatic rings. The second-order valence-electron chi connectivity index (χ2n) is 4.97. The van der Waals surface area contributed by atoms with Crippen LogP contribution in [0.1, 0.15) is 36.0 Å². The average molecular weight is 330 g/mol. The van der Waals surface area contributed by atoms with E-state index < -0.39 is 5.82 Å². The monoisotopic (exact) mass is 329 g/mol. The van der Waals surface area contributed by atoms with Crippen molar-refractivity contribution in [2.45, 2.75) is 31.7 Å². The summed E-state index contributed by atoms with van der Waals surface area (Å²) in [6.07, 6.45) is 3.93. The minimum Gasteiger partial charge on any atom is -0.396 e. The third-order valence-corrected chi connectivity index (χ3v) is 4.04. The quantitative estimate of drug-likeness (QED) is 0.895. The molecular weight excluding hydrogens is 313 g/mol. The summed E-state index contributed by atoms with van der Waals surface area (Å²) in [6, 6.07) is 4.10. The molecule has 0 spiro atoms. The van der Waals surface area contributed by atoms with Crippen molar-refractivity contribution in [3.8, 4) is 0 Å². The Morgan fingerprint density at radius 2 is 2.11 bits per heavy atom. The molecule has 0 saturated heterocycles. The van der Waals surface area contributed by atoms with Crippen molar-refractivity contribution in [1.82, 2.24) is 5.32 Å². The molecule has 2 unspecified atom stereocenters. The van der Waals surface area contributed by atoms with Crippen LogP contribution in [0, 0.1) is 11.7 Å². The first-order valence-electron chi connectivity index (χ1n) is 6.48. The van der Waals surface area contributed by atoms with Crippen LogP contribution in [0.3, 0.4) is 0 Å². The minimum atomic E-state index is -0.443. The van der Waals surface area contributed by atoms with Crippen LogP contribution in [0.2, 0.25) is 0 Å². The molecule has 1 aromatic carbocycles. The minimum absolute atomic E-state index is 0.0201. The van der Waals surface area contributed by atoms with Crippen molar-refractivity contribution in [2.24, 2.45) is 5.92 Å². The smallest absolute Gasteiger partial charge is 0.251 e. The van der Waals surface area contributed by atoms with Gasteiger partial charge in [-0.3, -0.25) is 4.79 Å². The second-order valence-corrected chi connectivity index (χ2v) is 5.88. The molecule has 0 aromatic heterocycles. The normalized spacial score (nSPS) is 23.1. The fourth-order valence-corrected chi connectivity index (χ4v) is 3.02. The number of hydrogen-bond donors (Lipinski definition) is 2. The predicted octanol–water partition coefficient (Wildman–Crippen LogP) is 2.87. The van der Waals surface area contributed by atoms with Gasteiger partial charge in [0.2, 0.25) is 0 Å². The van der Waals surface area contributed by atoms with Crippen molar-refractivity contribution >= 4 is 21.8 Å². The molecule has 104 valence electrons. The molecule has 2 N–H and O–H groups in total. The van der Waals surface area contributed by atoms with Crippen LogP contribution in [0.5, 0.6) is 0 Å². The van der Waals surface area contributed by atoms with Crippen LogP contribution in [-0.2, 0) is 0 Å². The van der Waals surface area contributed by atoms with Gasteiger partial charge in [-0.05, 0) is 31.0 Å². The van der Waals surface area contributed by atoms with Gasteiger partial charge >= 0.3 is 0 Å². The molecule has 5 heteroatoms. The second kappa shape index (κ2) is 6.48. The first kappa shape index (κ1) is 14.5. The van der Waals surface area contributed by atoms with Crippen molar-refractivity contribution < 1.29 is 14.3 Å². The summed E-state index contributed by atoms with van der Waals surface area (Å²) in [4.78, 5) is 12.1. The van der Waals surface area contributed by atoms with Crippen molar-refractivity contribution in [2.75, 3.05) is 6.61 Å². The number of nitrogens with one attached hydrogen (secondary N) is 1. The number of benzene rings is 1. The number of aliphatic hydroxyl groups is 1. The lowest BCUT2D eigenvalue weighted by Crippen LogP contribution is -2.43. The van der Waals surface area contributed by atoms with Crippen LogP contribution in [0.25, 0.3) is 0 Å². The zero-order valence-electron chi connectivity index (χ0n) is 10.5. The van der Waals surface area contributed by atoms with Crippen molar-refractivity contribution in [1.29, 1.82) is 0 Å². The molecule has 1 aliphatic carbocycles. The molecule has 1 amide bonds. The zero-order valence-corrected chi connectivity index (χ0v) is 12.1. The fourth-order valence-electron chi connectivity index (χ4n) is 2.55. The highest BCUT2D eigenvalue weighted by Crippen LogP contribution is 2.24. The number of hydrogen-bond acceptors (Lipinski definition) is 2. The summed E-state index contributed by atoms with van der Waals surface area (Å²) in [5.74, 6) is -0.623. The van der Waals surface area contributed by atoms with Gasteiger partial charge in [-0.1, -0.05) is 28.8 Å². The summed E-state index contributed by atoms with van der Waals surface area (Å²) < 4.78 is 13.8. The van der Waals surface area contributed by atoms with Crippen LogP contribution in [0.4, 0.5) is 4.39 Å². The van der Waals surface area contributed by atoms with Gasteiger partial charge in [0.15, 0.2) is 0 Å². The molecule has 19 heavy (non-hydrogen) atoms. The van der Waals surface area contributed by atoms with E-state index >= 15 is 0 Å².